The first-order valence-electron chi connectivity index (χ1n) is 10.4. The second-order valence-electron chi connectivity index (χ2n) is 7.18. The molecular formula is C23H33IN4O3. The van der Waals surface area contributed by atoms with Gasteiger partial charge in [-0.05, 0) is 41.8 Å². The Bertz CT molecular complexity index is 796. The Morgan fingerprint density at radius 2 is 1.87 bits per heavy atom. The number of methoxy groups -OCH3 is 1. The van der Waals surface area contributed by atoms with Crippen molar-refractivity contribution >= 4 is 29.9 Å². The molecule has 0 aromatic heterocycles. The zero-order valence-electron chi connectivity index (χ0n) is 18.1. The lowest BCUT2D eigenvalue weighted by atomic mass is 10.1. The molecule has 0 spiro atoms. The zero-order chi connectivity index (χ0) is 21.0. The molecule has 0 radical (unpaired) electrons. The van der Waals surface area contributed by atoms with Crippen LogP contribution in [0.25, 0.3) is 0 Å². The van der Waals surface area contributed by atoms with Crippen molar-refractivity contribution in [3.8, 4) is 11.5 Å². The number of nitrogens with zero attached hydrogens (tertiary/aromatic N) is 2. The molecular weight excluding hydrogens is 507 g/mol. The minimum absolute atomic E-state index is 0. The number of morpholine rings is 1. The molecule has 1 fully saturated rings. The van der Waals surface area contributed by atoms with Crippen molar-refractivity contribution < 1.29 is 14.2 Å². The molecule has 1 saturated heterocycles. The Balaban J connectivity index is 0.00000341. The lowest BCUT2D eigenvalue weighted by molar-refractivity contribution is 0.0322. The molecule has 170 valence electrons. The molecule has 1 heterocycles. The standard InChI is InChI=1S/C23H32N4O3.HI/c1-28-21-7-5-19(6-8-21)9-10-25-23(24)26-18-20-3-2-4-22(17-20)30-16-13-27-11-14-29-15-12-27;/h2-8,17H,9-16,18H2,1H3,(H3,24,25,26);1H. The van der Waals surface area contributed by atoms with Gasteiger partial charge >= 0.3 is 0 Å². The van der Waals surface area contributed by atoms with E-state index in [1.54, 1.807) is 7.11 Å². The largest absolute Gasteiger partial charge is 0.497 e. The predicted octanol–water partition coefficient (Wildman–Crippen LogP) is 2.67. The molecule has 1 aliphatic rings. The molecule has 3 rings (SSSR count). The van der Waals surface area contributed by atoms with E-state index in [1.807, 2.05) is 36.4 Å². The average molecular weight is 540 g/mol. The molecule has 0 unspecified atom stereocenters. The minimum atomic E-state index is 0. The van der Waals surface area contributed by atoms with Crippen LogP contribution in [0.5, 0.6) is 11.5 Å². The van der Waals surface area contributed by atoms with Gasteiger partial charge in [0.15, 0.2) is 5.96 Å². The van der Waals surface area contributed by atoms with Crippen molar-refractivity contribution in [2.24, 2.45) is 10.7 Å². The Morgan fingerprint density at radius 1 is 1.10 bits per heavy atom. The Morgan fingerprint density at radius 3 is 2.61 bits per heavy atom. The SMILES string of the molecule is COc1ccc(CCNC(N)=NCc2cccc(OCCN3CCOCC3)c2)cc1.I. The first kappa shape index (κ1) is 25.2. The van der Waals surface area contributed by atoms with Crippen molar-refractivity contribution in [2.75, 3.05) is 53.1 Å². The molecule has 3 N–H and O–H groups in total. The summed E-state index contributed by atoms with van der Waals surface area (Å²) in [6.07, 6.45) is 0.868. The molecule has 2 aromatic carbocycles. The lowest BCUT2D eigenvalue weighted by Gasteiger charge is -2.26. The van der Waals surface area contributed by atoms with Crippen LogP contribution in [0.1, 0.15) is 11.1 Å². The van der Waals surface area contributed by atoms with E-state index in [0.29, 0.717) is 19.1 Å². The number of ether oxygens (including phenoxy) is 3. The van der Waals surface area contributed by atoms with E-state index in [4.69, 9.17) is 19.9 Å². The molecule has 1 aliphatic heterocycles. The molecule has 2 aromatic rings. The van der Waals surface area contributed by atoms with Crippen molar-refractivity contribution in [2.45, 2.75) is 13.0 Å². The van der Waals surface area contributed by atoms with Crippen LogP contribution in [0.4, 0.5) is 0 Å². The third-order valence-electron chi connectivity index (χ3n) is 4.99. The van der Waals surface area contributed by atoms with Gasteiger partial charge in [-0.1, -0.05) is 24.3 Å². The Labute approximate surface area is 202 Å². The Kier molecular flexibility index (Phi) is 11.5. The van der Waals surface area contributed by atoms with Gasteiger partial charge in [0.05, 0.1) is 26.9 Å². The average Bonchev–Trinajstić information content (AvgIpc) is 2.79. The van der Waals surface area contributed by atoms with E-state index in [0.717, 1.165) is 62.9 Å². The number of nitrogens with one attached hydrogen (secondary N) is 1. The summed E-state index contributed by atoms with van der Waals surface area (Å²) in [6.45, 7) is 6.39. The highest BCUT2D eigenvalue weighted by Crippen LogP contribution is 2.14. The maximum absolute atomic E-state index is 6.00. The van der Waals surface area contributed by atoms with Gasteiger partial charge in [-0.15, -0.1) is 24.0 Å². The maximum Gasteiger partial charge on any atom is 0.188 e. The molecule has 0 amide bonds. The fourth-order valence-corrected chi connectivity index (χ4v) is 3.21. The highest BCUT2D eigenvalue weighted by molar-refractivity contribution is 14.0. The second-order valence-corrected chi connectivity index (χ2v) is 7.18. The van der Waals surface area contributed by atoms with E-state index in [-0.39, 0.29) is 24.0 Å². The van der Waals surface area contributed by atoms with Crippen LogP contribution in [0.3, 0.4) is 0 Å². The zero-order valence-corrected chi connectivity index (χ0v) is 20.4. The van der Waals surface area contributed by atoms with Crippen LogP contribution < -0.4 is 20.5 Å². The highest BCUT2D eigenvalue weighted by atomic mass is 127. The third-order valence-corrected chi connectivity index (χ3v) is 4.99. The van der Waals surface area contributed by atoms with E-state index < -0.39 is 0 Å². The molecule has 0 atom stereocenters. The molecule has 0 saturated carbocycles. The normalized spacial score (nSPS) is 14.5. The number of halogens is 1. The molecule has 0 bridgehead atoms. The summed E-state index contributed by atoms with van der Waals surface area (Å²) in [6, 6.07) is 16.0. The summed E-state index contributed by atoms with van der Waals surface area (Å²) in [7, 11) is 1.67. The van der Waals surface area contributed by atoms with Crippen molar-refractivity contribution in [3.05, 3.63) is 59.7 Å². The van der Waals surface area contributed by atoms with Gasteiger partial charge in [-0.25, -0.2) is 4.99 Å². The van der Waals surface area contributed by atoms with Crippen LogP contribution in [-0.2, 0) is 17.7 Å². The summed E-state index contributed by atoms with van der Waals surface area (Å²) < 4.78 is 16.4. The second kappa shape index (κ2) is 14.1. The minimum Gasteiger partial charge on any atom is -0.497 e. The van der Waals surface area contributed by atoms with E-state index in [2.05, 4.69) is 27.3 Å². The summed E-state index contributed by atoms with van der Waals surface area (Å²) in [5.74, 6) is 2.17. The van der Waals surface area contributed by atoms with Gasteiger partial charge in [0.1, 0.15) is 18.1 Å². The number of benzene rings is 2. The predicted molar refractivity (Wildman–Crippen MR) is 135 cm³/mol. The van der Waals surface area contributed by atoms with Gasteiger partial charge < -0.3 is 25.3 Å². The summed E-state index contributed by atoms with van der Waals surface area (Å²) >= 11 is 0. The molecule has 31 heavy (non-hydrogen) atoms. The van der Waals surface area contributed by atoms with Crippen LogP contribution in [0, 0.1) is 0 Å². The lowest BCUT2D eigenvalue weighted by Crippen LogP contribution is -2.38. The summed E-state index contributed by atoms with van der Waals surface area (Å²) in [5.41, 5.74) is 8.29. The molecule has 7 nitrogen and oxygen atoms in total. The molecule has 0 aliphatic carbocycles. The number of hydrogen-bond donors (Lipinski definition) is 2. The van der Waals surface area contributed by atoms with Gasteiger partial charge in [0, 0.05) is 26.2 Å². The fraction of sp³-hybridized carbons (Fsp3) is 0.435. The smallest absolute Gasteiger partial charge is 0.188 e. The quantitative estimate of drug-likeness (QED) is 0.274. The van der Waals surface area contributed by atoms with Crippen LogP contribution >= 0.6 is 24.0 Å². The monoisotopic (exact) mass is 540 g/mol. The topological polar surface area (TPSA) is 81.3 Å². The fourth-order valence-electron chi connectivity index (χ4n) is 3.21. The van der Waals surface area contributed by atoms with Gasteiger partial charge in [-0.2, -0.15) is 0 Å². The van der Waals surface area contributed by atoms with Crippen LogP contribution in [0.15, 0.2) is 53.5 Å². The van der Waals surface area contributed by atoms with Crippen molar-refractivity contribution in [3.63, 3.8) is 0 Å². The van der Waals surface area contributed by atoms with Crippen LogP contribution in [0.2, 0.25) is 0 Å². The number of guanidine groups is 1. The van der Waals surface area contributed by atoms with Crippen molar-refractivity contribution in [1.82, 2.24) is 10.2 Å². The summed E-state index contributed by atoms with van der Waals surface area (Å²) in [4.78, 5) is 6.79. The molecule has 8 heteroatoms. The van der Waals surface area contributed by atoms with Crippen LogP contribution in [-0.4, -0.2) is 64.0 Å². The van der Waals surface area contributed by atoms with Gasteiger partial charge in [0.2, 0.25) is 0 Å². The maximum atomic E-state index is 6.00. The first-order chi connectivity index (χ1) is 14.7. The first-order valence-corrected chi connectivity index (χ1v) is 10.4. The van der Waals surface area contributed by atoms with Gasteiger partial charge in [0.25, 0.3) is 0 Å². The Hall–Kier alpha value is -2.04. The van der Waals surface area contributed by atoms with Crippen molar-refractivity contribution in [1.29, 1.82) is 0 Å². The van der Waals surface area contributed by atoms with E-state index >= 15 is 0 Å². The number of aliphatic imine (C=N–C) groups is 1. The number of rotatable bonds is 10. The van der Waals surface area contributed by atoms with Gasteiger partial charge in [-0.3, -0.25) is 4.90 Å². The van der Waals surface area contributed by atoms with E-state index in [1.165, 1.54) is 5.56 Å². The number of nitrogens with two attached hydrogens (primary N) is 1. The highest BCUT2D eigenvalue weighted by Gasteiger charge is 2.09. The number of hydrogen-bond acceptors (Lipinski definition) is 5. The van der Waals surface area contributed by atoms with E-state index in [9.17, 15) is 0 Å². The third kappa shape index (κ3) is 9.32. The summed E-state index contributed by atoms with van der Waals surface area (Å²) in [5, 5.41) is 3.16.